The Morgan fingerprint density at radius 2 is 1.72 bits per heavy atom. The predicted octanol–water partition coefficient (Wildman–Crippen LogP) is 1.39. The van der Waals surface area contributed by atoms with Crippen molar-refractivity contribution in [2.75, 3.05) is 0 Å². The van der Waals surface area contributed by atoms with Crippen LogP contribution < -0.4 is 5.73 Å². The maximum Gasteiger partial charge on any atom is 0.320 e. The van der Waals surface area contributed by atoms with Gasteiger partial charge in [-0.1, -0.05) is 23.7 Å². The number of carboxylic acid groups (broad SMARTS) is 2. The fraction of sp³-hybridized carbons (Fsp3) is 0.333. The fourth-order valence-corrected chi connectivity index (χ4v) is 1.71. The van der Waals surface area contributed by atoms with Crippen LogP contribution in [0.25, 0.3) is 0 Å². The van der Waals surface area contributed by atoms with Gasteiger partial charge in [0.1, 0.15) is 6.04 Å². The highest BCUT2D eigenvalue weighted by Crippen LogP contribution is 2.17. The van der Waals surface area contributed by atoms with Gasteiger partial charge < -0.3 is 15.9 Å². The number of aliphatic carboxylic acids is 2. The average molecular weight is 272 g/mol. The molecule has 5 nitrogen and oxygen atoms in total. The molecule has 1 rings (SSSR count). The molecule has 6 heteroatoms. The Balaban J connectivity index is 2.71. The van der Waals surface area contributed by atoms with E-state index in [0.29, 0.717) is 5.02 Å². The van der Waals surface area contributed by atoms with E-state index < -0.39 is 23.9 Å². The summed E-state index contributed by atoms with van der Waals surface area (Å²) in [5, 5.41) is 18.3. The van der Waals surface area contributed by atoms with Crippen molar-refractivity contribution in [2.24, 2.45) is 11.7 Å². The maximum absolute atomic E-state index is 11.1. The lowest BCUT2D eigenvalue weighted by molar-refractivity contribution is -0.143. The molecule has 4 N–H and O–H groups in total. The van der Waals surface area contributed by atoms with Crippen molar-refractivity contribution in [3.8, 4) is 0 Å². The quantitative estimate of drug-likeness (QED) is 0.726. The van der Waals surface area contributed by atoms with Gasteiger partial charge in [-0.05, 0) is 30.5 Å². The van der Waals surface area contributed by atoms with Crippen molar-refractivity contribution in [3.05, 3.63) is 34.9 Å². The van der Waals surface area contributed by atoms with Crippen LogP contribution in [0.4, 0.5) is 0 Å². The molecule has 1 aromatic rings. The molecule has 98 valence electrons. The number of hydrogen-bond acceptors (Lipinski definition) is 3. The second-order valence-corrected chi connectivity index (χ2v) is 4.48. The van der Waals surface area contributed by atoms with Crippen LogP contribution >= 0.6 is 11.6 Å². The molecule has 0 radical (unpaired) electrons. The minimum Gasteiger partial charge on any atom is -0.481 e. The zero-order chi connectivity index (χ0) is 13.7. The molecule has 0 fully saturated rings. The Morgan fingerprint density at radius 3 is 2.17 bits per heavy atom. The molecule has 0 aliphatic rings. The first-order valence-electron chi connectivity index (χ1n) is 5.35. The molecule has 0 saturated heterocycles. The van der Waals surface area contributed by atoms with E-state index in [2.05, 4.69) is 0 Å². The van der Waals surface area contributed by atoms with Gasteiger partial charge in [-0.15, -0.1) is 0 Å². The molecule has 0 heterocycles. The van der Waals surface area contributed by atoms with Crippen LogP contribution in [0.15, 0.2) is 24.3 Å². The largest absolute Gasteiger partial charge is 0.481 e. The Bertz CT molecular complexity index is 432. The van der Waals surface area contributed by atoms with E-state index in [0.717, 1.165) is 5.56 Å². The standard InChI is InChI=1S/C12H14ClNO4/c13-9-3-1-7(2-4-9)5-8(11(15)16)6-10(14)12(17)18/h1-4,8,10H,5-6,14H2,(H,15,16)(H,17,18)/t8-,10-/m0/s1. The zero-order valence-electron chi connectivity index (χ0n) is 9.54. The van der Waals surface area contributed by atoms with Gasteiger partial charge in [0.25, 0.3) is 0 Å². The van der Waals surface area contributed by atoms with Gasteiger partial charge in [-0.3, -0.25) is 9.59 Å². The molecule has 0 bridgehead atoms. The first kappa shape index (κ1) is 14.5. The van der Waals surface area contributed by atoms with Gasteiger partial charge in [-0.25, -0.2) is 0 Å². The highest BCUT2D eigenvalue weighted by Gasteiger charge is 2.24. The van der Waals surface area contributed by atoms with Gasteiger partial charge in [0.05, 0.1) is 5.92 Å². The third-order valence-corrected chi connectivity index (χ3v) is 2.85. The Labute approximate surface area is 109 Å². The molecule has 0 saturated carbocycles. The molecule has 0 unspecified atom stereocenters. The van der Waals surface area contributed by atoms with E-state index >= 15 is 0 Å². The molecular weight excluding hydrogens is 258 g/mol. The smallest absolute Gasteiger partial charge is 0.320 e. The summed E-state index contributed by atoms with van der Waals surface area (Å²) in [5.74, 6) is -3.07. The maximum atomic E-state index is 11.1. The van der Waals surface area contributed by atoms with Gasteiger partial charge in [0.15, 0.2) is 0 Å². The summed E-state index contributed by atoms with van der Waals surface area (Å²) in [5.41, 5.74) is 6.13. The summed E-state index contributed by atoms with van der Waals surface area (Å²) in [6.45, 7) is 0. The van der Waals surface area contributed by atoms with E-state index in [1.54, 1.807) is 24.3 Å². The van der Waals surface area contributed by atoms with Crippen molar-refractivity contribution >= 4 is 23.5 Å². The lowest BCUT2D eigenvalue weighted by Gasteiger charge is -2.14. The number of benzene rings is 1. The van der Waals surface area contributed by atoms with Crippen LogP contribution in [-0.4, -0.2) is 28.2 Å². The molecule has 0 spiro atoms. The van der Waals surface area contributed by atoms with Gasteiger partial charge >= 0.3 is 11.9 Å². The van der Waals surface area contributed by atoms with Crippen molar-refractivity contribution in [3.63, 3.8) is 0 Å². The minimum atomic E-state index is -1.20. The molecule has 0 aromatic heterocycles. The zero-order valence-corrected chi connectivity index (χ0v) is 10.3. The average Bonchev–Trinajstić information content (AvgIpc) is 2.30. The lowest BCUT2D eigenvalue weighted by atomic mass is 9.93. The van der Waals surface area contributed by atoms with Crippen molar-refractivity contribution < 1.29 is 19.8 Å². The van der Waals surface area contributed by atoms with E-state index in [-0.39, 0.29) is 12.8 Å². The third kappa shape index (κ3) is 4.35. The number of carboxylic acids is 2. The van der Waals surface area contributed by atoms with E-state index in [1.165, 1.54) is 0 Å². The molecule has 0 aliphatic heterocycles. The number of rotatable bonds is 6. The highest BCUT2D eigenvalue weighted by molar-refractivity contribution is 6.30. The van der Waals surface area contributed by atoms with Crippen LogP contribution in [0.5, 0.6) is 0 Å². The summed E-state index contributed by atoms with van der Waals surface area (Å²) in [6.07, 6.45) is 0.126. The molecule has 2 atom stereocenters. The first-order chi connectivity index (χ1) is 8.40. The first-order valence-corrected chi connectivity index (χ1v) is 5.73. The third-order valence-electron chi connectivity index (χ3n) is 2.60. The number of nitrogens with two attached hydrogens (primary N) is 1. The topological polar surface area (TPSA) is 101 Å². The van der Waals surface area contributed by atoms with Crippen LogP contribution in [0.2, 0.25) is 5.02 Å². The summed E-state index contributed by atoms with van der Waals surface area (Å²) in [6, 6.07) is 5.58. The van der Waals surface area contributed by atoms with Gasteiger partial charge in [0, 0.05) is 5.02 Å². The van der Waals surface area contributed by atoms with Crippen LogP contribution in [0.3, 0.4) is 0 Å². The molecule has 0 aliphatic carbocycles. The van der Waals surface area contributed by atoms with Crippen molar-refractivity contribution in [1.82, 2.24) is 0 Å². The normalized spacial score (nSPS) is 13.9. The van der Waals surface area contributed by atoms with E-state index in [4.69, 9.17) is 27.5 Å². The van der Waals surface area contributed by atoms with E-state index in [1.807, 2.05) is 0 Å². The monoisotopic (exact) mass is 271 g/mol. The van der Waals surface area contributed by atoms with Crippen LogP contribution in [-0.2, 0) is 16.0 Å². The fourth-order valence-electron chi connectivity index (χ4n) is 1.58. The van der Waals surface area contributed by atoms with Crippen LogP contribution in [0, 0.1) is 5.92 Å². The van der Waals surface area contributed by atoms with Gasteiger partial charge in [-0.2, -0.15) is 0 Å². The summed E-state index contributed by atoms with van der Waals surface area (Å²) in [4.78, 5) is 21.7. The lowest BCUT2D eigenvalue weighted by Crippen LogP contribution is -2.35. The predicted molar refractivity (Wildman–Crippen MR) is 66.5 cm³/mol. The summed E-state index contributed by atoms with van der Waals surface area (Å²) in [7, 11) is 0. The Morgan fingerprint density at radius 1 is 1.17 bits per heavy atom. The molecule has 0 amide bonds. The SMILES string of the molecule is N[C@@H](C[C@H](Cc1ccc(Cl)cc1)C(=O)O)C(=O)O. The molecular formula is C12H14ClNO4. The second kappa shape index (κ2) is 6.37. The minimum absolute atomic E-state index is 0.104. The summed E-state index contributed by atoms with van der Waals surface area (Å²) < 4.78 is 0. The van der Waals surface area contributed by atoms with Crippen molar-refractivity contribution in [1.29, 1.82) is 0 Å². The van der Waals surface area contributed by atoms with Gasteiger partial charge in [0.2, 0.25) is 0 Å². The highest BCUT2D eigenvalue weighted by atomic mass is 35.5. The van der Waals surface area contributed by atoms with E-state index in [9.17, 15) is 9.59 Å². The number of hydrogen-bond donors (Lipinski definition) is 3. The Hall–Kier alpha value is -1.59. The Kier molecular flexibility index (Phi) is 5.12. The molecule has 18 heavy (non-hydrogen) atoms. The number of halogens is 1. The second-order valence-electron chi connectivity index (χ2n) is 4.05. The summed E-state index contributed by atoms with van der Waals surface area (Å²) >= 11 is 5.72. The van der Waals surface area contributed by atoms with Crippen molar-refractivity contribution in [2.45, 2.75) is 18.9 Å². The van der Waals surface area contributed by atoms with Crippen LogP contribution in [0.1, 0.15) is 12.0 Å². The molecule has 1 aromatic carbocycles. The number of carbonyl (C=O) groups is 2.